The molecule has 0 spiro atoms. The molecule has 1 aliphatic rings. The van der Waals surface area contributed by atoms with E-state index in [0.29, 0.717) is 19.8 Å². The van der Waals surface area contributed by atoms with Crippen LogP contribution in [0.25, 0.3) is 0 Å². The standard InChI is InChI=1S/C22H28N2O3.ClH/c1-26-17-22(11-13-23-14-12-22)21(25)24-20-9-7-19(8-10-20)16-27-15-18-5-3-2-4-6-18;/h2-10,23H,11-17H2,1H3,(H,24,25);1H. The Bertz CT molecular complexity index is 711. The van der Waals surface area contributed by atoms with Crippen LogP contribution in [-0.2, 0) is 27.5 Å². The van der Waals surface area contributed by atoms with E-state index >= 15 is 0 Å². The van der Waals surface area contributed by atoms with Gasteiger partial charge in [0.2, 0.25) is 5.91 Å². The maximum absolute atomic E-state index is 12.8. The number of carbonyl (C=O) groups is 1. The molecule has 5 nitrogen and oxygen atoms in total. The quantitative estimate of drug-likeness (QED) is 0.703. The minimum absolute atomic E-state index is 0. The van der Waals surface area contributed by atoms with Gasteiger partial charge in [-0.3, -0.25) is 4.79 Å². The number of methoxy groups -OCH3 is 1. The molecule has 6 heteroatoms. The summed E-state index contributed by atoms with van der Waals surface area (Å²) in [5.74, 6) is 0.0407. The van der Waals surface area contributed by atoms with Gasteiger partial charge >= 0.3 is 0 Å². The Kier molecular flexibility index (Phi) is 8.93. The fourth-order valence-electron chi connectivity index (χ4n) is 3.43. The Labute approximate surface area is 173 Å². The van der Waals surface area contributed by atoms with Gasteiger partial charge in [0.05, 0.1) is 25.2 Å². The van der Waals surface area contributed by atoms with Gasteiger partial charge in [-0.25, -0.2) is 0 Å². The number of hydrogen-bond acceptors (Lipinski definition) is 4. The Morgan fingerprint density at radius 1 is 1.00 bits per heavy atom. The van der Waals surface area contributed by atoms with Crippen molar-refractivity contribution in [2.75, 3.05) is 32.1 Å². The summed E-state index contributed by atoms with van der Waals surface area (Å²) in [6, 6.07) is 18.0. The monoisotopic (exact) mass is 404 g/mol. The van der Waals surface area contributed by atoms with Gasteiger partial charge in [0.15, 0.2) is 0 Å². The molecule has 1 aliphatic heterocycles. The molecule has 0 aliphatic carbocycles. The van der Waals surface area contributed by atoms with Crippen molar-refractivity contribution in [1.29, 1.82) is 0 Å². The zero-order valence-electron chi connectivity index (χ0n) is 16.3. The highest BCUT2D eigenvalue weighted by atomic mass is 35.5. The molecule has 2 N–H and O–H groups in total. The highest BCUT2D eigenvalue weighted by Crippen LogP contribution is 2.31. The average molecular weight is 405 g/mol. The number of halogens is 1. The van der Waals surface area contributed by atoms with Crippen LogP contribution in [-0.4, -0.2) is 32.7 Å². The average Bonchev–Trinajstić information content (AvgIpc) is 2.71. The lowest BCUT2D eigenvalue weighted by Gasteiger charge is -2.35. The number of nitrogens with one attached hydrogen (secondary N) is 2. The first-order valence-electron chi connectivity index (χ1n) is 9.44. The lowest BCUT2D eigenvalue weighted by molar-refractivity contribution is -0.130. The van der Waals surface area contributed by atoms with E-state index in [1.54, 1.807) is 7.11 Å². The predicted molar refractivity (Wildman–Crippen MR) is 114 cm³/mol. The molecule has 0 saturated carbocycles. The van der Waals surface area contributed by atoms with E-state index in [-0.39, 0.29) is 18.3 Å². The van der Waals surface area contributed by atoms with Crippen molar-refractivity contribution in [2.45, 2.75) is 26.1 Å². The summed E-state index contributed by atoms with van der Waals surface area (Å²) in [4.78, 5) is 12.8. The van der Waals surface area contributed by atoms with Gasteiger partial charge < -0.3 is 20.1 Å². The fourth-order valence-corrected chi connectivity index (χ4v) is 3.43. The Hall–Kier alpha value is -1.92. The first-order chi connectivity index (χ1) is 13.2. The van der Waals surface area contributed by atoms with Crippen molar-refractivity contribution in [3.8, 4) is 0 Å². The number of hydrogen-bond donors (Lipinski definition) is 2. The summed E-state index contributed by atoms with van der Waals surface area (Å²) in [6.45, 7) is 3.27. The Balaban J connectivity index is 0.00000280. The van der Waals surface area contributed by atoms with Gasteiger partial charge in [0, 0.05) is 12.8 Å². The summed E-state index contributed by atoms with van der Waals surface area (Å²) in [5, 5.41) is 6.36. The number of benzene rings is 2. The molecule has 3 rings (SSSR count). The van der Waals surface area contributed by atoms with Crippen LogP contribution in [0.2, 0.25) is 0 Å². The zero-order valence-corrected chi connectivity index (χ0v) is 17.1. The Morgan fingerprint density at radius 3 is 2.21 bits per heavy atom. The molecule has 28 heavy (non-hydrogen) atoms. The number of rotatable bonds is 8. The van der Waals surface area contributed by atoms with Crippen LogP contribution in [0.1, 0.15) is 24.0 Å². The molecule has 0 radical (unpaired) electrons. The minimum atomic E-state index is -0.447. The molecular formula is C22H29ClN2O3. The van der Waals surface area contributed by atoms with Crippen LogP contribution in [0.15, 0.2) is 54.6 Å². The molecule has 0 bridgehead atoms. The van der Waals surface area contributed by atoms with Crippen LogP contribution in [0.3, 0.4) is 0 Å². The number of piperidine rings is 1. The highest BCUT2D eigenvalue weighted by molar-refractivity contribution is 5.95. The maximum atomic E-state index is 12.8. The van der Waals surface area contributed by atoms with Gasteiger partial charge in [0.1, 0.15) is 0 Å². The van der Waals surface area contributed by atoms with E-state index in [9.17, 15) is 4.79 Å². The van der Waals surface area contributed by atoms with Gasteiger partial charge in [-0.2, -0.15) is 0 Å². The van der Waals surface area contributed by atoms with Crippen LogP contribution < -0.4 is 10.6 Å². The third-order valence-corrected chi connectivity index (χ3v) is 5.06. The SMILES string of the molecule is COCC1(C(=O)Nc2ccc(COCc3ccccc3)cc2)CCNCC1.Cl. The number of ether oxygens (including phenoxy) is 2. The van der Waals surface area contributed by atoms with Crippen molar-refractivity contribution >= 4 is 24.0 Å². The smallest absolute Gasteiger partial charge is 0.233 e. The fraction of sp³-hybridized carbons (Fsp3) is 0.409. The first kappa shape index (κ1) is 22.4. The third kappa shape index (κ3) is 6.04. The zero-order chi connectivity index (χ0) is 19.0. The summed E-state index contributed by atoms with van der Waals surface area (Å²) < 4.78 is 11.1. The summed E-state index contributed by atoms with van der Waals surface area (Å²) >= 11 is 0. The molecule has 1 fully saturated rings. The maximum Gasteiger partial charge on any atom is 0.233 e. The van der Waals surface area contributed by atoms with E-state index in [0.717, 1.165) is 42.7 Å². The summed E-state index contributed by atoms with van der Waals surface area (Å²) in [7, 11) is 1.65. The molecule has 2 aromatic rings. The van der Waals surface area contributed by atoms with E-state index in [1.165, 1.54) is 0 Å². The lowest BCUT2D eigenvalue weighted by Crippen LogP contribution is -2.47. The molecule has 152 valence electrons. The first-order valence-corrected chi connectivity index (χ1v) is 9.44. The number of carbonyl (C=O) groups excluding carboxylic acids is 1. The molecule has 2 aromatic carbocycles. The van der Waals surface area contributed by atoms with Crippen molar-refractivity contribution in [3.63, 3.8) is 0 Å². The van der Waals surface area contributed by atoms with E-state index in [4.69, 9.17) is 9.47 Å². The largest absolute Gasteiger partial charge is 0.384 e. The van der Waals surface area contributed by atoms with Crippen LogP contribution in [0.4, 0.5) is 5.69 Å². The van der Waals surface area contributed by atoms with Crippen molar-refractivity contribution in [2.24, 2.45) is 5.41 Å². The van der Waals surface area contributed by atoms with Crippen LogP contribution in [0, 0.1) is 5.41 Å². The van der Waals surface area contributed by atoms with Crippen molar-refractivity contribution < 1.29 is 14.3 Å². The second kappa shape index (κ2) is 11.2. The van der Waals surface area contributed by atoms with E-state index < -0.39 is 5.41 Å². The third-order valence-electron chi connectivity index (χ3n) is 5.06. The number of anilines is 1. The van der Waals surface area contributed by atoms with Gasteiger partial charge in [-0.15, -0.1) is 12.4 Å². The second-order valence-electron chi connectivity index (χ2n) is 7.09. The van der Waals surface area contributed by atoms with E-state index in [1.807, 2.05) is 42.5 Å². The van der Waals surface area contributed by atoms with Crippen molar-refractivity contribution in [3.05, 3.63) is 65.7 Å². The van der Waals surface area contributed by atoms with Gasteiger partial charge in [0.25, 0.3) is 0 Å². The molecule has 1 amide bonds. The minimum Gasteiger partial charge on any atom is -0.384 e. The lowest BCUT2D eigenvalue weighted by atomic mass is 9.78. The molecule has 0 atom stereocenters. The molecule has 0 aromatic heterocycles. The molecule has 1 saturated heterocycles. The highest BCUT2D eigenvalue weighted by Gasteiger charge is 2.39. The van der Waals surface area contributed by atoms with Crippen molar-refractivity contribution in [1.82, 2.24) is 5.32 Å². The van der Waals surface area contributed by atoms with Gasteiger partial charge in [-0.1, -0.05) is 42.5 Å². The van der Waals surface area contributed by atoms with Crippen LogP contribution in [0.5, 0.6) is 0 Å². The summed E-state index contributed by atoms with van der Waals surface area (Å²) in [6.07, 6.45) is 1.58. The van der Waals surface area contributed by atoms with Crippen LogP contribution >= 0.6 is 12.4 Å². The molecule has 0 unspecified atom stereocenters. The predicted octanol–water partition coefficient (Wildman–Crippen LogP) is 3.78. The Morgan fingerprint density at radius 2 is 1.61 bits per heavy atom. The molecular weight excluding hydrogens is 376 g/mol. The topological polar surface area (TPSA) is 59.6 Å². The van der Waals surface area contributed by atoms with E-state index in [2.05, 4.69) is 22.8 Å². The van der Waals surface area contributed by atoms with Gasteiger partial charge in [-0.05, 0) is 49.2 Å². The summed E-state index contributed by atoms with van der Waals surface area (Å²) in [5.41, 5.74) is 2.60. The molecule has 1 heterocycles. The number of amides is 1. The normalized spacial score (nSPS) is 15.5. The second-order valence-corrected chi connectivity index (χ2v) is 7.09.